The van der Waals surface area contributed by atoms with E-state index in [2.05, 4.69) is 46.1 Å². The van der Waals surface area contributed by atoms with E-state index in [1.165, 1.54) is 16.4 Å². The van der Waals surface area contributed by atoms with Crippen LogP contribution in [0.25, 0.3) is 33.1 Å². The van der Waals surface area contributed by atoms with Crippen LogP contribution in [0, 0.1) is 0 Å². The van der Waals surface area contributed by atoms with Crippen molar-refractivity contribution in [1.29, 1.82) is 0 Å². The second kappa shape index (κ2) is 7.89. The highest BCUT2D eigenvalue weighted by Gasteiger charge is 2.12. The molecule has 0 fully saturated rings. The number of anilines is 1. The molecule has 152 valence electrons. The Bertz CT molecular complexity index is 1420. The minimum absolute atomic E-state index is 0.155. The zero-order valence-electron chi connectivity index (χ0n) is 17.0. The molecule has 31 heavy (non-hydrogen) atoms. The minimum atomic E-state index is -0.155. The lowest BCUT2D eigenvalue weighted by Gasteiger charge is -2.08. The van der Waals surface area contributed by atoms with Gasteiger partial charge >= 0.3 is 0 Å². The maximum absolute atomic E-state index is 12.8. The molecule has 5 rings (SSSR count). The Morgan fingerprint density at radius 1 is 0.935 bits per heavy atom. The lowest BCUT2D eigenvalue weighted by Crippen LogP contribution is -2.11. The second-order valence-electron chi connectivity index (χ2n) is 7.36. The Hall–Kier alpha value is -3.63. The van der Waals surface area contributed by atoms with Gasteiger partial charge in [0.25, 0.3) is 5.91 Å². The highest BCUT2D eigenvalue weighted by atomic mass is 35.5. The van der Waals surface area contributed by atoms with Gasteiger partial charge in [-0.15, -0.1) is 0 Å². The van der Waals surface area contributed by atoms with Crippen LogP contribution in [0.1, 0.15) is 17.3 Å². The lowest BCUT2D eigenvalue weighted by molar-refractivity contribution is 0.102. The summed E-state index contributed by atoms with van der Waals surface area (Å²) in [4.78, 5) is 17.2. The zero-order valence-corrected chi connectivity index (χ0v) is 17.7. The number of halogens is 1. The van der Waals surface area contributed by atoms with Crippen LogP contribution >= 0.6 is 11.6 Å². The normalized spacial score (nSPS) is 11.2. The highest BCUT2D eigenvalue weighted by Crippen LogP contribution is 2.31. The van der Waals surface area contributed by atoms with Crippen molar-refractivity contribution in [1.82, 2.24) is 9.55 Å². The van der Waals surface area contributed by atoms with Crippen LogP contribution in [0.4, 0.5) is 5.69 Å². The van der Waals surface area contributed by atoms with E-state index >= 15 is 0 Å². The van der Waals surface area contributed by atoms with Crippen molar-refractivity contribution >= 4 is 45.0 Å². The number of pyridine rings is 1. The van der Waals surface area contributed by atoms with Gasteiger partial charge in [-0.2, -0.15) is 0 Å². The summed E-state index contributed by atoms with van der Waals surface area (Å²) in [5, 5.41) is 5.93. The summed E-state index contributed by atoms with van der Waals surface area (Å²) in [6.45, 7) is 3.03. The Morgan fingerprint density at radius 3 is 2.48 bits per heavy atom. The van der Waals surface area contributed by atoms with E-state index in [0.717, 1.165) is 23.2 Å². The molecule has 0 bridgehead atoms. The molecule has 0 radical (unpaired) electrons. The van der Waals surface area contributed by atoms with Gasteiger partial charge in [0, 0.05) is 51.4 Å². The van der Waals surface area contributed by atoms with Gasteiger partial charge in [0.2, 0.25) is 0 Å². The van der Waals surface area contributed by atoms with Crippen LogP contribution in [0.3, 0.4) is 0 Å². The second-order valence-corrected chi connectivity index (χ2v) is 7.77. The Kier molecular flexibility index (Phi) is 4.92. The standard InChI is InChI=1S/C26H20ClN3O/c1-2-30-23-8-4-3-6-20(23)21-16-19(13-14-24(21)30)29-26(31)18-11-9-17(10-12-18)25-22(27)7-5-15-28-25/h3-16H,2H2,1H3,(H,29,31). The molecule has 5 aromatic rings. The number of carbonyl (C=O) groups is 1. The molecule has 1 amide bonds. The monoisotopic (exact) mass is 425 g/mol. The summed E-state index contributed by atoms with van der Waals surface area (Å²) in [5.74, 6) is -0.155. The van der Waals surface area contributed by atoms with Crippen LogP contribution in [-0.4, -0.2) is 15.5 Å². The van der Waals surface area contributed by atoms with E-state index in [0.29, 0.717) is 16.3 Å². The molecule has 0 aliphatic rings. The number of aromatic nitrogens is 2. The number of nitrogens with zero attached hydrogens (tertiary/aromatic N) is 2. The number of amides is 1. The molecule has 5 heteroatoms. The maximum atomic E-state index is 12.8. The number of aryl methyl sites for hydroxylation is 1. The molecule has 0 aliphatic heterocycles. The van der Waals surface area contributed by atoms with Crippen molar-refractivity contribution in [2.24, 2.45) is 0 Å². The van der Waals surface area contributed by atoms with Gasteiger partial charge in [0.15, 0.2) is 0 Å². The number of fused-ring (bicyclic) bond motifs is 3. The summed E-state index contributed by atoms with van der Waals surface area (Å²) < 4.78 is 2.29. The van der Waals surface area contributed by atoms with Crippen molar-refractivity contribution in [3.8, 4) is 11.3 Å². The highest BCUT2D eigenvalue weighted by molar-refractivity contribution is 6.33. The fourth-order valence-corrected chi connectivity index (χ4v) is 4.28. The van der Waals surface area contributed by atoms with E-state index in [1.807, 2.05) is 30.3 Å². The summed E-state index contributed by atoms with van der Waals surface area (Å²) >= 11 is 6.23. The van der Waals surface area contributed by atoms with Crippen molar-refractivity contribution in [3.05, 3.63) is 95.6 Å². The van der Waals surface area contributed by atoms with Gasteiger partial charge < -0.3 is 9.88 Å². The summed E-state index contributed by atoms with van der Waals surface area (Å²) in [6.07, 6.45) is 1.70. The van der Waals surface area contributed by atoms with E-state index in [1.54, 1.807) is 30.5 Å². The first-order valence-corrected chi connectivity index (χ1v) is 10.6. The van der Waals surface area contributed by atoms with Gasteiger partial charge in [-0.25, -0.2) is 0 Å². The fraction of sp³-hybridized carbons (Fsp3) is 0.0769. The Labute approximate surface area is 185 Å². The predicted molar refractivity (Wildman–Crippen MR) is 128 cm³/mol. The molecule has 3 aromatic carbocycles. The molecule has 4 nitrogen and oxygen atoms in total. The van der Waals surface area contributed by atoms with E-state index in [9.17, 15) is 4.79 Å². The van der Waals surface area contributed by atoms with E-state index < -0.39 is 0 Å². The molecule has 2 aromatic heterocycles. The smallest absolute Gasteiger partial charge is 0.255 e. The summed E-state index contributed by atoms with van der Waals surface area (Å²) in [7, 11) is 0. The van der Waals surface area contributed by atoms with E-state index in [-0.39, 0.29) is 5.91 Å². The summed E-state index contributed by atoms with van der Waals surface area (Å²) in [6, 6.07) is 25.3. The summed E-state index contributed by atoms with van der Waals surface area (Å²) in [5.41, 5.74) is 5.29. The average Bonchev–Trinajstić information content (AvgIpc) is 3.12. The van der Waals surface area contributed by atoms with Gasteiger partial charge in [-0.3, -0.25) is 9.78 Å². The molecule has 0 atom stereocenters. The van der Waals surface area contributed by atoms with Crippen molar-refractivity contribution in [3.63, 3.8) is 0 Å². The SMILES string of the molecule is CCn1c2ccccc2c2cc(NC(=O)c3ccc(-c4ncccc4Cl)cc3)ccc21. The first kappa shape index (κ1) is 19.3. The molecule has 0 spiro atoms. The lowest BCUT2D eigenvalue weighted by atomic mass is 10.1. The quantitative estimate of drug-likeness (QED) is 0.345. The zero-order chi connectivity index (χ0) is 21.4. The molecular formula is C26H20ClN3O. The van der Waals surface area contributed by atoms with Crippen molar-refractivity contribution < 1.29 is 4.79 Å². The molecule has 0 unspecified atom stereocenters. The van der Waals surface area contributed by atoms with Gasteiger partial charge in [-0.05, 0) is 55.5 Å². The molecule has 2 heterocycles. The number of hydrogen-bond acceptors (Lipinski definition) is 2. The van der Waals surface area contributed by atoms with Gasteiger partial charge in [0.05, 0.1) is 10.7 Å². The van der Waals surface area contributed by atoms with Crippen molar-refractivity contribution in [2.75, 3.05) is 5.32 Å². The van der Waals surface area contributed by atoms with Crippen LogP contribution in [0.5, 0.6) is 0 Å². The van der Waals surface area contributed by atoms with Crippen LogP contribution < -0.4 is 5.32 Å². The van der Waals surface area contributed by atoms with Gasteiger partial charge in [-0.1, -0.05) is 41.9 Å². The Balaban J connectivity index is 1.44. The third-order valence-electron chi connectivity index (χ3n) is 5.53. The van der Waals surface area contributed by atoms with Gasteiger partial charge in [0.1, 0.15) is 0 Å². The van der Waals surface area contributed by atoms with Crippen LogP contribution in [0.15, 0.2) is 85.1 Å². The number of carbonyl (C=O) groups excluding carboxylic acids is 1. The van der Waals surface area contributed by atoms with Crippen molar-refractivity contribution in [2.45, 2.75) is 13.5 Å². The predicted octanol–water partition coefficient (Wildman–Crippen LogP) is 6.78. The Morgan fingerprint density at radius 2 is 1.71 bits per heavy atom. The number of para-hydroxylation sites is 1. The first-order chi connectivity index (χ1) is 15.2. The molecule has 0 aliphatic carbocycles. The largest absolute Gasteiger partial charge is 0.341 e. The topological polar surface area (TPSA) is 46.9 Å². The van der Waals surface area contributed by atoms with E-state index in [4.69, 9.17) is 11.6 Å². The third-order valence-corrected chi connectivity index (χ3v) is 5.83. The maximum Gasteiger partial charge on any atom is 0.255 e. The number of benzene rings is 3. The number of nitrogens with one attached hydrogen (secondary N) is 1. The van der Waals surface area contributed by atoms with Crippen LogP contribution in [-0.2, 0) is 6.54 Å². The van der Waals surface area contributed by atoms with Crippen LogP contribution in [0.2, 0.25) is 5.02 Å². The molecule has 1 N–H and O–H groups in total. The molecule has 0 saturated carbocycles. The number of hydrogen-bond donors (Lipinski definition) is 1. The average molecular weight is 426 g/mol. The molecule has 0 saturated heterocycles. The fourth-order valence-electron chi connectivity index (χ4n) is 4.05. The number of rotatable bonds is 4. The first-order valence-electron chi connectivity index (χ1n) is 10.2. The molecular weight excluding hydrogens is 406 g/mol. The third kappa shape index (κ3) is 3.45. The minimum Gasteiger partial charge on any atom is -0.341 e.